The normalized spacial score (nSPS) is 10.8. The van der Waals surface area contributed by atoms with Gasteiger partial charge < -0.3 is 20.3 Å². The van der Waals surface area contributed by atoms with Gasteiger partial charge >= 0.3 is 0 Å². The molecule has 5 nitrogen and oxygen atoms in total. The molecule has 0 amide bonds. The summed E-state index contributed by atoms with van der Waals surface area (Å²) in [6, 6.07) is 13.2. The first-order valence-corrected chi connectivity index (χ1v) is 8.56. The van der Waals surface area contributed by atoms with E-state index in [4.69, 9.17) is 4.74 Å². The number of anilines is 1. The third kappa shape index (κ3) is 7.24. The van der Waals surface area contributed by atoms with Crippen LogP contribution in [0.2, 0.25) is 0 Å². The van der Waals surface area contributed by atoms with E-state index in [1.54, 1.807) is 31.2 Å². The van der Waals surface area contributed by atoms with Crippen LogP contribution in [0.3, 0.4) is 0 Å². The van der Waals surface area contributed by atoms with E-state index in [1.807, 2.05) is 44.4 Å². The first kappa shape index (κ1) is 23.0. The van der Waals surface area contributed by atoms with E-state index in [0.717, 1.165) is 24.3 Å². The van der Waals surface area contributed by atoms with E-state index in [2.05, 4.69) is 15.6 Å². The van der Waals surface area contributed by atoms with Crippen LogP contribution >= 0.6 is 24.0 Å². The summed E-state index contributed by atoms with van der Waals surface area (Å²) in [5, 5.41) is 6.47. The summed E-state index contributed by atoms with van der Waals surface area (Å²) in [5.74, 6) is 1.32. The third-order valence-corrected chi connectivity index (χ3v) is 4.04. The molecule has 7 heteroatoms. The molecule has 0 saturated carbocycles. The Morgan fingerprint density at radius 1 is 1.07 bits per heavy atom. The maximum absolute atomic E-state index is 14.0. The van der Waals surface area contributed by atoms with Crippen LogP contribution < -0.4 is 20.3 Å². The van der Waals surface area contributed by atoms with Crippen LogP contribution in [0.4, 0.5) is 10.1 Å². The second-order valence-electron chi connectivity index (χ2n) is 6.13. The van der Waals surface area contributed by atoms with E-state index >= 15 is 0 Å². The molecule has 148 valence electrons. The molecular formula is C20H28FIN4O. The van der Waals surface area contributed by atoms with Crippen LogP contribution in [0.1, 0.15) is 11.1 Å². The highest BCUT2D eigenvalue weighted by molar-refractivity contribution is 14.0. The van der Waals surface area contributed by atoms with Gasteiger partial charge in [-0.25, -0.2) is 4.39 Å². The van der Waals surface area contributed by atoms with Crippen LogP contribution in [0, 0.1) is 5.82 Å². The summed E-state index contributed by atoms with van der Waals surface area (Å²) in [7, 11) is 7.03. The zero-order valence-electron chi connectivity index (χ0n) is 16.3. The fraction of sp³-hybridized carbons (Fsp3) is 0.350. The summed E-state index contributed by atoms with van der Waals surface area (Å²) in [4.78, 5) is 5.96. The van der Waals surface area contributed by atoms with Gasteiger partial charge in [0.05, 0.1) is 12.8 Å². The Kier molecular flexibility index (Phi) is 9.92. The molecule has 0 aliphatic rings. The van der Waals surface area contributed by atoms with Crippen LogP contribution in [0.25, 0.3) is 0 Å². The summed E-state index contributed by atoms with van der Waals surface area (Å²) in [6.45, 7) is 1.26. The fourth-order valence-corrected chi connectivity index (χ4v) is 2.55. The van der Waals surface area contributed by atoms with Crippen molar-refractivity contribution in [2.45, 2.75) is 13.0 Å². The van der Waals surface area contributed by atoms with Gasteiger partial charge in [0.15, 0.2) is 5.96 Å². The molecule has 0 radical (unpaired) electrons. The molecule has 2 aromatic rings. The van der Waals surface area contributed by atoms with Crippen molar-refractivity contribution in [3.63, 3.8) is 0 Å². The minimum absolute atomic E-state index is 0. The van der Waals surface area contributed by atoms with E-state index in [9.17, 15) is 4.39 Å². The lowest BCUT2D eigenvalue weighted by Crippen LogP contribution is -2.37. The van der Waals surface area contributed by atoms with Crippen molar-refractivity contribution in [2.75, 3.05) is 39.7 Å². The Labute approximate surface area is 178 Å². The lowest BCUT2D eigenvalue weighted by Gasteiger charge is -2.15. The number of halogens is 2. The minimum Gasteiger partial charge on any atom is -0.497 e. The number of nitrogens with zero attached hydrogens (tertiary/aromatic N) is 2. The summed E-state index contributed by atoms with van der Waals surface area (Å²) < 4.78 is 19.2. The average Bonchev–Trinajstić information content (AvgIpc) is 2.64. The zero-order valence-corrected chi connectivity index (χ0v) is 18.6. The molecule has 2 rings (SSSR count). The predicted molar refractivity (Wildman–Crippen MR) is 121 cm³/mol. The maximum atomic E-state index is 14.0. The number of rotatable bonds is 7. The number of hydrogen-bond donors (Lipinski definition) is 2. The van der Waals surface area contributed by atoms with Crippen molar-refractivity contribution in [3.05, 3.63) is 59.4 Å². The van der Waals surface area contributed by atoms with Crippen LogP contribution in [0.15, 0.2) is 47.5 Å². The molecule has 2 N–H and O–H groups in total. The Hall–Kier alpha value is -2.03. The van der Waals surface area contributed by atoms with E-state index in [0.29, 0.717) is 18.2 Å². The van der Waals surface area contributed by atoms with Gasteiger partial charge in [-0.1, -0.05) is 18.2 Å². The zero-order chi connectivity index (χ0) is 18.9. The number of methoxy groups -OCH3 is 1. The average molecular weight is 486 g/mol. The molecule has 0 heterocycles. The molecule has 0 aliphatic heterocycles. The van der Waals surface area contributed by atoms with Crippen LogP contribution in [0.5, 0.6) is 5.75 Å². The maximum Gasteiger partial charge on any atom is 0.191 e. The summed E-state index contributed by atoms with van der Waals surface area (Å²) >= 11 is 0. The van der Waals surface area contributed by atoms with E-state index < -0.39 is 0 Å². The number of benzene rings is 2. The van der Waals surface area contributed by atoms with Crippen LogP contribution in [-0.2, 0) is 13.0 Å². The second kappa shape index (κ2) is 11.6. The highest BCUT2D eigenvalue weighted by Crippen LogP contribution is 2.18. The van der Waals surface area contributed by atoms with Gasteiger partial charge in [0.1, 0.15) is 11.6 Å². The fourth-order valence-electron chi connectivity index (χ4n) is 2.55. The first-order valence-electron chi connectivity index (χ1n) is 8.56. The number of guanidine groups is 1. The molecule has 0 unspecified atom stereocenters. The van der Waals surface area contributed by atoms with E-state index in [-0.39, 0.29) is 29.8 Å². The van der Waals surface area contributed by atoms with Crippen molar-refractivity contribution in [1.29, 1.82) is 0 Å². The quantitative estimate of drug-likeness (QED) is 0.358. The molecule has 0 fully saturated rings. The van der Waals surface area contributed by atoms with Crippen molar-refractivity contribution >= 4 is 35.6 Å². The van der Waals surface area contributed by atoms with Crippen LogP contribution in [-0.4, -0.2) is 40.8 Å². The molecule has 2 aromatic carbocycles. The number of aliphatic imine (C=N–C) groups is 1. The SMILES string of the molecule is CN=C(NCCc1ccc(OC)cc1)NCc1ccc(N(C)C)c(F)c1.I. The largest absolute Gasteiger partial charge is 0.497 e. The van der Waals surface area contributed by atoms with Gasteiger partial charge in [-0.05, 0) is 41.8 Å². The first-order chi connectivity index (χ1) is 12.5. The lowest BCUT2D eigenvalue weighted by molar-refractivity contribution is 0.414. The standard InChI is InChI=1S/C20H27FN4O.HI/c1-22-20(23-12-11-15-5-8-17(26-4)9-6-15)24-14-16-7-10-19(25(2)3)18(21)13-16;/h5-10,13H,11-12,14H2,1-4H3,(H2,22,23,24);1H. The Morgan fingerprint density at radius 3 is 2.30 bits per heavy atom. The molecule has 0 atom stereocenters. The molecule has 0 bridgehead atoms. The third-order valence-electron chi connectivity index (χ3n) is 4.04. The van der Waals surface area contributed by atoms with Gasteiger partial charge in [0.2, 0.25) is 0 Å². The van der Waals surface area contributed by atoms with Crippen molar-refractivity contribution in [1.82, 2.24) is 10.6 Å². The Morgan fingerprint density at radius 2 is 1.74 bits per heavy atom. The lowest BCUT2D eigenvalue weighted by atomic mass is 10.1. The molecule has 0 aromatic heterocycles. The van der Waals surface area contributed by atoms with E-state index in [1.165, 1.54) is 5.56 Å². The summed E-state index contributed by atoms with van der Waals surface area (Å²) in [5.41, 5.74) is 2.66. The highest BCUT2D eigenvalue weighted by atomic mass is 127. The summed E-state index contributed by atoms with van der Waals surface area (Å²) in [6.07, 6.45) is 0.872. The van der Waals surface area contributed by atoms with Gasteiger partial charge in [0.25, 0.3) is 0 Å². The van der Waals surface area contributed by atoms with Gasteiger partial charge in [-0.15, -0.1) is 24.0 Å². The molecule has 27 heavy (non-hydrogen) atoms. The number of hydrogen-bond acceptors (Lipinski definition) is 3. The van der Waals surface area contributed by atoms with Gasteiger partial charge in [0, 0.05) is 34.2 Å². The monoisotopic (exact) mass is 486 g/mol. The topological polar surface area (TPSA) is 48.9 Å². The smallest absolute Gasteiger partial charge is 0.191 e. The molecule has 0 spiro atoms. The number of nitrogens with one attached hydrogen (secondary N) is 2. The van der Waals surface area contributed by atoms with Crippen molar-refractivity contribution in [3.8, 4) is 5.75 Å². The molecule has 0 aliphatic carbocycles. The second-order valence-corrected chi connectivity index (χ2v) is 6.13. The Bertz CT molecular complexity index is 735. The minimum atomic E-state index is -0.225. The van der Waals surface area contributed by atoms with Crippen molar-refractivity contribution < 1.29 is 9.13 Å². The Balaban J connectivity index is 0.00000364. The predicted octanol–water partition coefficient (Wildman–Crippen LogP) is 3.43. The number of ether oxygens (including phenoxy) is 1. The van der Waals surface area contributed by atoms with Crippen molar-refractivity contribution in [2.24, 2.45) is 4.99 Å². The van der Waals surface area contributed by atoms with Gasteiger partial charge in [-0.2, -0.15) is 0 Å². The van der Waals surface area contributed by atoms with Gasteiger partial charge in [-0.3, -0.25) is 4.99 Å². The molecular weight excluding hydrogens is 458 g/mol. The molecule has 0 saturated heterocycles. The highest BCUT2D eigenvalue weighted by Gasteiger charge is 2.06.